The molecule has 0 radical (unpaired) electrons. The minimum Gasteiger partial charge on any atom is -0.395 e. The molecule has 1 spiro atoms. The zero-order chi connectivity index (χ0) is 13.1. The van der Waals surface area contributed by atoms with E-state index >= 15 is 0 Å². The molecule has 0 heterocycles. The summed E-state index contributed by atoms with van der Waals surface area (Å²) in [5.41, 5.74) is -0.928. The third kappa shape index (κ3) is 0.726. The van der Waals surface area contributed by atoms with Crippen molar-refractivity contribution >= 4 is 5.78 Å². The highest BCUT2D eigenvalue weighted by atomic mass is 16.3. The van der Waals surface area contributed by atoms with Crippen LogP contribution in [-0.4, -0.2) is 28.7 Å². The minimum absolute atomic E-state index is 0.0185. The summed E-state index contributed by atoms with van der Waals surface area (Å²) < 4.78 is 0. The summed E-state index contributed by atoms with van der Waals surface area (Å²) in [6.07, 6.45) is 2.12. The average molecular weight is 250 g/mol. The van der Waals surface area contributed by atoms with Gasteiger partial charge in [0.05, 0.1) is 18.1 Å². The Balaban J connectivity index is 1.95. The Morgan fingerprint density at radius 2 is 1.89 bits per heavy atom. The molecule has 5 aliphatic rings. The zero-order valence-electron chi connectivity index (χ0n) is 11.4. The Hall–Kier alpha value is -0.410. The van der Waals surface area contributed by atoms with Crippen LogP contribution >= 0.6 is 0 Å². The van der Waals surface area contributed by atoms with Crippen molar-refractivity contribution in [2.45, 2.75) is 46.1 Å². The first-order valence-corrected chi connectivity index (χ1v) is 7.12. The summed E-state index contributed by atoms with van der Waals surface area (Å²) >= 11 is 0. The first-order chi connectivity index (χ1) is 8.28. The smallest absolute Gasteiger partial charge is 0.149 e. The van der Waals surface area contributed by atoms with Gasteiger partial charge in [0.15, 0.2) is 0 Å². The van der Waals surface area contributed by atoms with Gasteiger partial charge in [-0.15, -0.1) is 0 Å². The topological polar surface area (TPSA) is 57.5 Å². The van der Waals surface area contributed by atoms with Crippen molar-refractivity contribution in [2.75, 3.05) is 6.61 Å². The maximum atomic E-state index is 13.0. The Bertz CT molecular complexity index is 470. The van der Waals surface area contributed by atoms with Gasteiger partial charge < -0.3 is 10.2 Å². The van der Waals surface area contributed by atoms with Crippen LogP contribution in [0.3, 0.4) is 0 Å². The molecule has 0 amide bonds. The predicted molar refractivity (Wildman–Crippen MR) is 65.7 cm³/mol. The molecule has 0 aromatic rings. The average Bonchev–Trinajstić information content (AvgIpc) is 2.64. The number of hydrogen-bond acceptors (Lipinski definition) is 3. The molecule has 5 fully saturated rings. The van der Waals surface area contributed by atoms with Gasteiger partial charge in [0.1, 0.15) is 5.78 Å². The second-order valence-corrected chi connectivity index (χ2v) is 8.08. The van der Waals surface area contributed by atoms with Gasteiger partial charge in [0, 0.05) is 5.41 Å². The third-order valence-corrected chi connectivity index (χ3v) is 7.33. The van der Waals surface area contributed by atoms with Crippen LogP contribution in [0.4, 0.5) is 0 Å². The van der Waals surface area contributed by atoms with Crippen LogP contribution in [0.25, 0.3) is 0 Å². The number of ketones is 1. The number of rotatable bonds is 1. The maximum Gasteiger partial charge on any atom is 0.149 e. The van der Waals surface area contributed by atoms with E-state index in [2.05, 4.69) is 20.8 Å². The molecule has 5 rings (SSSR count). The maximum absolute atomic E-state index is 13.0. The van der Waals surface area contributed by atoms with Crippen LogP contribution in [0, 0.1) is 33.5 Å². The summed E-state index contributed by atoms with van der Waals surface area (Å²) in [4.78, 5) is 13.0. The molecule has 2 N–H and O–H groups in total. The van der Waals surface area contributed by atoms with Gasteiger partial charge in [-0.1, -0.05) is 20.8 Å². The van der Waals surface area contributed by atoms with Crippen molar-refractivity contribution in [2.24, 2.45) is 33.5 Å². The highest BCUT2D eigenvalue weighted by Crippen LogP contribution is 2.92. The van der Waals surface area contributed by atoms with E-state index in [0.717, 1.165) is 19.3 Å². The van der Waals surface area contributed by atoms with Crippen LogP contribution < -0.4 is 0 Å². The fourth-order valence-electron chi connectivity index (χ4n) is 6.99. The summed E-state index contributed by atoms with van der Waals surface area (Å²) in [7, 11) is 0. The van der Waals surface area contributed by atoms with Crippen LogP contribution in [0.15, 0.2) is 0 Å². The van der Waals surface area contributed by atoms with E-state index < -0.39 is 5.41 Å². The number of aliphatic hydroxyl groups excluding tert-OH is 2. The largest absolute Gasteiger partial charge is 0.395 e. The zero-order valence-corrected chi connectivity index (χ0v) is 11.4. The molecule has 5 aliphatic carbocycles. The Morgan fingerprint density at radius 1 is 1.22 bits per heavy atom. The lowest BCUT2D eigenvalue weighted by atomic mass is 9.48. The van der Waals surface area contributed by atoms with Crippen molar-refractivity contribution < 1.29 is 15.0 Å². The molecule has 0 aliphatic heterocycles. The number of carbonyl (C=O) groups excluding carboxylic acids is 1. The summed E-state index contributed by atoms with van der Waals surface area (Å²) in [5, 5.41) is 19.9. The molecule has 3 nitrogen and oxygen atoms in total. The van der Waals surface area contributed by atoms with Gasteiger partial charge in [-0.05, 0) is 41.9 Å². The van der Waals surface area contributed by atoms with Crippen LogP contribution in [-0.2, 0) is 4.79 Å². The molecule has 1 unspecified atom stereocenters. The number of carbonyl (C=O) groups is 1. The lowest BCUT2D eigenvalue weighted by Crippen LogP contribution is -2.55. The van der Waals surface area contributed by atoms with Crippen LogP contribution in [0.2, 0.25) is 0 Å². The highest BCUT2D eigenvalue weighted by Gasteiger charge is 2.95. The van der Waals surface area contributed by atoms with E-state index in [1.165, 1.54) is 0 Å². The first-order valence-electron chi connectivity index (χ1n) is 7.12. The molecular weight excluding hydrogens is 228 g/mol. The first kappa shape index (κ1) is 11.4. The Labute approximate surface area is 108 Å². The van der Waals surface area contributed by atoms with E-state index in [1.54, 1.807) is 0 Å². The van der Waals surface area contributed by atoms with E-state index in [0.29, 0.717) is 17.6 Å². The molecule has 6 atom stereocenters. The second kappa shape index (κ2) is 2.57. The van der Waals surface area contributed by atoms with Gasteiger partial charge in [-0.3, -0.25) is 4.79 Å². The van der Waals surface area contributed by atoms with Gasteiger partial charge >= 0.3 is 0 Å². The molecule has 4 bridgehead atoms. The summed E-state index contributed by atoms with van der Waals surface area (Å²) in [6, 6.07) is 0. The van der Waals surface area contributed by atoms with Crippen LogP contribution in [0.5, 0.6) is 0 Å². The van der Waals surface area contributed by atoms with Crippen LogP contribution in [0.1, 0.15) is 40.0 Å². The monoisotopic (exact) mass is 250 g/mol. The molecule has 18 heavy (non-hydrogen) atoms. The highest BCUT2D eigenvalue weighted by molar-refractivity contribution is 6.02. The normalized spacial score (nSPS) is 62.9. The van der Waals surface area contributed by atoms with Gasteiger partial charge in [0.25, 0.3) is 0 Å². The molecule has 5 saturated carbocycles. The van der Waals surface area contributed by atoms with E-state index in [4.69, 9.17) is 0 Å². The quantitative estimate of drug-likeness (QED) is 0.739. The third-order valence-electron chi connectivity index (χ3n) is 7.33. The number of Topliss-reactive ketones (excluding diaryl/α,β-unsaturated/α-hetero) is 1. The number of hydrogen-bond donors (Lipinski definition) is 2. The van der Waals surface area contributed by atoms with Crippen molar-refractivity contribution in [1.82, 2.24) is 0 Å². The van der Waals surface area contributed by atoms with Gasteiger partial charge in [-0.25, -0.2) is 0 Å². The van der Waals surface area contributed by atoms with E-state index in [1.807, 2.05) is 0 Å². The van der Waals surface area contributed by atoms with Gasteiger partial charge in [0.2, 0.25) is 0 Å². The number of aliphatic hydroxyl groups is 2. The van der Waals surface area contributed by atoms with E-state index in [9.17, 15) is 15.0 Å². The molecule has 100 valence electrons. The Morgan fingerprint density at radius 3 is 2.44 bits per heavy atom. The van der Waals surface area contributed by atoms with Crippen molar-refractivity contribution in [3.63, 3.8) is 0 Å². The molecule has 0 aromatic heterocycles. The minimum atomic E-state index is -0.421. The fraction of sp³-hybridized carbons (Fsp3) is 0.933. The molecule has 0 aromatic carbocycles. The standard InChI is InChI=1S/C15H22O3/c1-12(2)4-8(17)5-13(3)10-9-6-15(12,13)11(18)14(9,10)7-16/h8-10,16-17H,4-7H2,1-3H3/t8-,9?,10-,13-,14-,15-/m1/s1. The lowest BCUT2D eigenvalue weighted by molar-refractivity contribution is -0.155. The fourth-order valence-corrected chi connectivity index (χ4v) is 6.99. The predicted octanol–water partition coefficient (Wildman–Crippen LogP) is 1.37. The van der Waals surface area contributed by atoms with E-state index in [-0.39, 0.29) is 29.0 Å². The molecular formula is C15H22O3. The van der Waals surface area contributed by atoms with Gasteiger partial charge in [-0.2, -0.15) is 0 Å². The lowest BCUT2D eigenvalue weighted by Gasteiger charge is -2.55. The molecule has 3 heteroatoms. The van der Waals surface area contributed by atoms with Crippen molar-refractivity contribution in [3.8, 4) is 0 Å². The van der Waals surface area contributed by atoms with Crippen molar-refractivity contribution in [3.05, 3.63) is 0 Å². The van der Waals surface area contributed by atoms with Crippen molar-refractivity contribution in [1.29, 1.82) is 0 Å². The Kier molecular flexibility index (Phi) is 1.63. The molecule has 0 saturated heterocycles. The summed E-state index contributed by atoms with van der Waals surface area (Å²) in [5.74, 6) is 1.05. The SMILES string of the molecule is CC1(C)C[C@@H](O)C[C@]2(C)[C@H]3C4C[C@@]12C(=O)[C@]43CO. The summed E-state index contributed by atoms with van der Waals surface area (Å²) in [6.45, 7) is 6.50. The second-order valence-electron chi connectivity index (χ2n) is 8.08.